The number of rotatable bonds is 4. The Morgan fingerprint density at radius 1 is 1.05 bits per heavy atom. The lowest BCUT2D eigenvalue weighted by Crippen LogP contribution is -2.30. The van der Waals surface area contributed by atoms with Crippen LogP contribution in [0.1, 0.15) is 5.56 Å². The third-order valence-electron chi connectivity index (χ3n) is 3.01. The maximum Gasteiger partial charge on any atom is 0.198 e. The first-order chi connectivity index (χ1) is 9.80. The monoisotopic (exact) mass is 296 g/mol. The summed E-state index contributed by atoms with van der Waals surface area (Å²) in [6.07, 6.45) is 11.7. The van der Waals surface area contributed by atoms with Crippen molar-refractivity contribution in [3.8, 4) is 0 Å². The molecular weight excluding hydrogens is 284 g/mol. The highest BCUT2D eigenvalue weighted by Crippen LogP contribution is 2.31. The molecule has 0 saturated heterocycles. The Hall–Kier alpha value is -1.96. The van der Waals surface area contributed by atoms with Crippen LogP contribution in [0.2, 0.25) is 0 Å². The Labute approximate surface area is 129 Å². The molecule has 1 aromatic carbocycles. The fraction of sp³-hybridized carbons (Fsp3) is 0.125. The zero-order valence-corrected chi connectivity index (χ0v) is 12.3. The highest BCUT2D eigenvalue weighted by Gasteiger charge is 2.34. The molecular formula is C16H12N2S2. The second-order valence-corrected chi connectivity index (χ2v) is 4.59. The standard InChI is InChI=1S/C16H12N2S2/c19-12-17-16(18-13-20)11-5-4-8-15(16)10-9-14-6-2-1-3-7-14/h1-11,15H. The summed E-state index contributed by atoms with van der Waals surface area (Å²) in [7, 11) is 0. The molecule has 0 radical (unpaired) electrons. The van der Waals surface area contributed by atoms with E-state index in [1.807, 2.05) is 66.8 Å². The number of hydrogen-bond acceptors (Lipinski definition) is 4. The molecule has 1 unspecified atom stereocenters. The first kappa shape index (κ1) is 14.4. The summed E-state index contributed by atoms with van der Waals surface area (Å²) in [6.45, 7) is 0. The van der Waals surface area contributed by atoms with Crippen LogP contribution in [0.5, 0.6) is 0 Å². The highest BCUT2D eigenvalue weighted by atomic mass is 32.1. The molecule has 1 atom stereocenters. The molecule has 0 aliphatic heterocycles. The fourth-order valence-electron chi connectivity index (χ4n) is 2.01. The van der Waals surface area contributed by atoms with Gasteiger partial charge in [-0.05, 0) is 36.1 Å². The molecule has 20 heavy (non-hydrogen) atoms. The first-order valence-corrected chi connectivity index (χ1v) is 6.90. The van der Waals surface area contributed by atoms with Crippen LogP contribution in [0.3, 0.4) is 0 Å². The van der Waals surface area contributed by atoms with E-state index in [2.05, 4.69) is 20.3 Å². The lowest BCUT2D eigenvalue weighted by Gasteiger charge is -2.26. The largest absolute Gasteiger partial charge is 0.198 e. The quantitative estimate of drug-likeness (QED) is 0.609. The van der Waals surface area contributed by atoms with Gasteiger partial charge in [-0.2, -0.15) is 9.98 Å². The maximum atomic E-state index is 4.73. The lowest BCUT2D eigenvalue weighted by molar-refractivity contribution is 0.482. The van der Waals surface area contributed by atoms with Crippen LogP contribution in [-0.4, -0.2) is 16.0 Å². The number of allylic oxidation sites excluding steroid dienone is 2. The Morgan fingerprint density at radius 3 is 2.40 bits per heavy atom. The van der Waals surface area contributed by atoms with E-state index in [0.717, 1.165) is 5.56 Å². The van der Waals surface area contributed by atoms with Gasteiger partial charge in [-0.3, -0.25) is 0 Å². The van der Waals surface area contributed by atoms with Gasteiger partial charge in [0.2, 0.25) is 0 Å². The van der Waals surface area contributed by atoms with Gasteiger partial charge in [0.1, 0.15) is 0 Å². The Morgan fingerprint density at radius 2 is 1.75 bits per heavy atom. The molecule has 0 aromatic heterocycles. The molecule has 0 bridgehead atoms. The predicted octanol–water partition coefficient (Wildman–Crippen LogP) is 4.34. The van der Waals surface area contributed by atoms with Crippen LogP contribution in [0.25, 0.3) is 6.08 Å². The maximum absolute atomic E-state index is 4.73. The zero-order valence-electron chi connectivity index (χ0n) is 10.6. The molecule has 0 heterocycles. The highest BCUT2D eigenvalue weighted by molar-refractivity contribution is 7.78. The van der Waals surface area contributed by atoms with Crippen molar-refractivity contribution in [3.05, 3.63) is 66.3 Å². The van der Waals surface area contributed by atoms with E-state index in [1.54, 1.807) is 0 Å². The van der Waals surface area contributed by atoms with Crippen molar-refractivity contribution < 1.29 is 0 Å². The molecule has 1 aliphatic carbocycles. The van der Waals surface area contributed by atoms with Crippen LogP contribution >= 0.6 is 24.4 Å². The van der Waals surface area contributed by atoms with Crippen LogP contribution in [0, 0.1) is 5.92 Å². The number of benzene rings is 1. The topological polar surface area (TPSA) is 24.7 Å². The minimum Gasteiger partial charge on any atom is -0.196 e. The molecule has 2 rings (SSSR count). The number of isothiocyanates is 2. The van der Waals surface area contributed by atoms with Crippen LogP contribution in [0.4, 0.5) is 0 Å². The van der Waals surface area contributed by atoms with Gasteiger partial charge in [-0.15, -0.1) is 0 Å². The van der Waals surface area contributed by atoms with Gasteiger partial charge in [-0.1, -0.05) is 60.7 Å². The van der Waals surface area contributed by atoms with Crippen molar-refractivity contribution in [3.63, 3.8) is 0 Å². The van der Waals surface area contributed by atoms with E-state index < -0.39 is 5.66 Å². The number of aliphatic imine (C=N–C) groups is 2. The zero-order chi connectivity index (χ0) is 14.3. The molecule has 0 N–H and O–H groups in total. The van der Waals surface area contributed by atoms with E-state index in [9.17, 15) is 0 Å². The van der Waals surface area contributed by atoms with Crippen LogP contribution < -0.4 is 0 Å². The van der Waals surface area contributed by atoms with Gasteiger partial charge in [0, 0.05) is 5.92 Å². The summed E-state index contributed by atoms with van der Waals surface area (Å²) in [5.41, 5.74) is 0.255. The number of nitrogens with zero attached hydrogens (tertiary/aromatic N) is 2. The molecule has 0 amide bonds. The van der Waals surface area contributed by atoms with Crippen molar-refractivity contribution in [2.75, 3.05) is 0 Å². The van der Waals surface area contributed by atoms with Gasteiger partial charge >= 0.3 is 0 Å². The normalized spacial score (nSPS) is 24.1. The van der Waals surface area contributed by atoms with Crippen molar-refractivity contribution in [2.45, 2.75) is 5.66 Å². The smallest absolute Gasteiger partial charge is 0.196 e. The van der Waals surface area contributed by atoms with Crippen LogP contribution in [-0.2, 0) is 0 Å². The summed E-state index contributed by atoms with van der Waals surface area (Å²) in [6, 6.07) is 10.0. The van der Waals surface area contributed by atoms with Crippen molar-refractivity contribution in [1.82, 2.24) is 0 Å². The Bertz CT molecular complexity index is 628. The summed E-state index contributed by atoms with van der Waals surface area (Å²) < 4.78 is 0. The van der Waals surface area contributed by atoms with Gasteiger partial charge in [0.25, 0.3) is 0 Å². The third kappa shape index (κ3) is 3.32. The average molecular weight is 296 g/mol. The van der Waals surface area contributed by atoms with E-state index in [4.69, 9.17) is 24.4 Å². The molecule has 0 fully saturated rings. The molecule has 2 nitrogen and oxygen atoms in total. The fourth-order valence-corrected chi connectivity index (χ4v) is 2.31. The summed E-state index contributed by atoms with van der Waals surface area (Å²) in [5.74, 6) is -0.0707. The van der Waals surface area contributed by atoms with E-state index in [0.29, 0.717) is 0 Å². The predicted molar refractivity (Wildman–Crippen MR) is 90.0 cm³/mol. The van der Waals surface area contributed by atoms with Crippen molar-refractivity contribution in [1.29, 1.82) is 0 Å². The molecule has 1 aliphatic rings. The SMILES string of the molecule is S=C=NC1(N=C=S)C=CC=CC1C=Cc1ccccc1. The van der Waals surface area contributed by atoms with E-state index in [1.165, 1.54) is 0 Å². The summed E-state index contributed by atoms with van der Waals surface area (Å²) >= 11 is 9.46. The van der Waals surface area contributed by atoms with Gasteiger partial charge in [0.15, 0.2) is 5.66 Å². The molecule has 98 valence electrons. The first-order valence-electron chi connectivity index (χ1n) is 6.08. The van der Waals surface area contributed by atoms with Gasteiger partial charge < -0.3 is 0 Å². The molecule has 1 aromatic rings. The second-order valence-electron chi connectivity index (χ2n) is 4.23. The minimum atomic E-state index is -0.858. The minimum absolute atomic E-state index is 0.0707. The van der Waals surface area contributed by atoms with Gasteiger partial charge in [0.05, 0.1) is 10.3 Å². The van der Waals surface area contributed by atoms with Gasteiger partial charge in [-0.25, -0.2) is 0 Å². The Balaban J connectivity index is 2.35. The number of thiocarbonyl (C=S) groups is 2. The summed E-state index contributed by atoms with van der Waals surface area (Å²) in [4.78, 5) is 8.36. The third-order valence-corrected chi connectivity index (χ3v) is 3.19. The average Bonchev–Trinajstić information content (AvgIpc) is 2.48. The lowest BCUT2D eigenvalue weighted by atomic mass is 9.88. The molecule has 4 heteroatoms. The Kier molecular flexibility index (Phi) is 5.05. The van der Waals surface area contributed by atoms with E-state index >= 15 is 0 Å². The summed E-state index contributed by atoms with van der Waals surface area (Å²) in [5, 5.41) is 4.80. The second kappa shape index (κ2) is 6.99. The molecule has 0 saturated carbocycles. The van der Waals surface area contributed by atoms with Crippen LogP contribution in [0.15, 0.2) is 70.7 Å². The molecule has 0 spiro atoms. The van der Waals surface area contributed by atoms with Crippen molar-refractivity contribution >= 4 is 40.8 Å². The van der Waals surface area contributed by atoms with Crippen molar-refractivity contribution in [2.24, 2.45) is 15.9 Å². The number of hydrogen-bond donors (Lipinski definition) is 0. The van der Waals surface area contributed by atoms with E-state index in [-0.39, 0.29) is 5.92 Å².